The van der Waals surface area contributed by atoms with Gasteiger partial charge < -0.3 is 9.42 Å². The summed E-state index contributed by atoms with van der Waals surface area (Å²) in [6.45, 7) is 6.46. The third-order valence-electron chi connectivity index (χ3n) is 4.61. The summed E-state index contributed by atoms with van der Waals surface area (Å²) in [5.41, 5.74) is 3.64. The molecule has 3 heterocycles. The Kier molecular flexibility index (Phi) is 4.46. The van der Waals surface area contributed by atoms with Crippen LogP contribution in [0.2, 0.25) is 0 Å². The molecule has 23 heavy (non-hydrogen) atoms. The maximum Gasteiger partial charge on any atom is 0.259 e. The molecule has 1 atom stereocenters. The third-order valence-corrected chi connectivity index (χ3v) is 4.61. The van der Waals surface area contributed by atoms with Crippen LogP contribution >= 0.6 is 0 Å². The molecule has 5 heteroatoms. The molecule has 0 aromatic carbocycles. The zero-order valence-electron chi connectivity index (χ0n) is 14.0. The predicted molar refractivity (Wildman–Crippen MR) is 87.3 cm³/mol. The summed E-state index contributed by atoms with van der Waals surface area (Å²) in [5.74, 6) is 0.678. The quantitative estimate of drug-likeness (QED) is 0.869. The standard InChI is InChI=1S/C18H23N3O2/c1-12-11-15(8-9-19-12)6-7-16-5-4-10-21(16)18(22)17-13(2)20-23-14(17)3/h8-9,11,16H,4-7,10H2,1-3H3. The van der Waals surface area contributed by atoms with Crippen LogP contribution in [0.1, 0.15) is 52.3 Å². The highest BCUT2D eigenvalue weighted by Crippen LogP contribution is 2.26. The Balaban J connectivity index is 1.69. The number of aromatic nitrogens is 2. The van der Waals surface area contributed by atoms with Crippen molar-refractivity contribution >= 4 is 5.91 Å². The molecule has 122 valence electrons. The number of likely N-dealkylation sites (tertiary alicyclic amines) is 1. The summed E-state index contributed by atoms with van der Waals surface area (Å²) < 4.78 is 5.15. The number of nitrogens with zero attached hydrogens (tertiary/aromatic N) is 3. The lowest BCUT2D eigenvalue weighted by atomic mass is 10.0. The van der Waals surface area contributed by atoms with E-state index in [9.17, 15) is 4.79 Å². The lowest BCUT2D eigenvalue weighted by Crippen LogP contribution is -2.36. The Morgan fingerprint density at radius 3 is 2.91 bits per heavy atom. The van der Waals surface area contributed by atoms with Crippen molar-refractivity contribution in [2.75, 3.05) is 6.54 Å². The molecule has 1 fully saturated rings. The highest BCUT2D eigenvalue weighted by atomic mass is 16.5. The van der Waals surface area contributed by atoms with Gasteiger partial charge in [0.05, 0.1) is 5.69 Å². The van der Waals surface area contributed by atoms with Crippen molar-refractivity contribution in [1.29, 1.82) is 0 Å². The molecule has 1 aliphatic heterocycles. The zero-order chi connectivity index (χ0) is 16.4. The number of hydrogen-bond acceptors (Lipinski definition) is 4. The van der Waals surface area contributed by atoms with Crippen LogP contribution in [-0.4, -0.2) is 33.5 Å². The van der Waals surface area contributed by atoms with Crippen molar-refractivity contribution in [3.8, 4) is 0 Å². The van der Waals surface area contributed by atoms with Crippen molar-refractivity contribution in [3.63, 3.8) is 0 Å². The summed E-state index contributed by atoms with van der Waals surface area (Å²) in [6, 6.07) is 4.47. The topological polar surface area (TPSA) is 59.2 Å². The Bertz CT molecular complexity index is 689. The van der Waals surface area contributed by atoms with E-state index in [1.54, 1.807) is 6.92 Å². The second kappa shape index (κ2) is 6.52. The average molecular weight is 313 g/mol. The van der Waals surface area contributed by atoms with E-state index in [0.29, 0.717) is 23.1 Å². The predicted octanol–water partition coefficient (Wildman–Crippen LogP) is 3.23. The van der Waals surface area contributed by atoms with Gasteiger partial charge in [0, 0.05) is 24.5 Å². The van der Waals surface area contributed by atoms with E-state index in [-0.39, 0.29) is 5.91 Å². The lowest BCUT2D eigenvalue weighted by Gasteiger charge is -2.24. The zero-order valence-corrected chi connectivity index (χ0v) is 14.0. The number of hydrogen-bond donors (Lipinski definition) is 0. The van der Waals surface area contributed by atoms with E-state index in [2.05, 4.69) is 22.3 Å². The molecule has 2 aromatic heterocycles. The van der Waals surface area contributed by atoms with Gasteiger partial charge in [-0.1, -0.05) is 5.16 Å². The maximum absolute atomic E-state index is 12.8. The van der Waals surface area contributed by atoms with Crippen molar-refractivity contribution < 1.29 is 9.32 Å². The highest BCUT2D eigenvalue weighted by Gasteiger charge is 2.32. The summed E-state index contributed by atoms with van der Waals surface area (Å²) in [6.07, 6.45) is 5.94. The first-order valence-corrected chi connectivity index (χ1v) is 8.21. The molecule has 0 spiro atoms. The van der Waals surface area contributed by atoms with Crippen LogP contribution < -0.4 is 0 Å². The minimum absolute atomic E-state index is 0.0645. The molecule has 3 rings (SSSR count). The van der Waals surface area contributed by atoms with Crippen molar-refractivity contribution in [2.45, 2.75) is 52.5 Å². The second-order valence-corrected chi connectivity index (χ2v) is 6.34. The fourth-order valence-electron chi connectivity index (χ4n) is 3.43. The van der Waals surface area contributed by atoms with E-state index in [4.69, 9.17) is 4.52 Å². The molecule has 1 aliphatic rings. The molecule has 2 aromatic rings. The van der Waals surface area contributed by atoms with Crippen LogP contribution in [0.25, 0.3) is 0 Å². The van der Waals surface area contributed by atoms with Gasteiger partial charge in [-0.2, -0.15) is 0 Å². The van der Waals surface area contributed by atoms with Crippen molar-refractivity contribution in [3.05, 3.63) is 46.6 Å². The molecule has 1 unspecified atom stereocenters. The van der Waals surface area contributed by atoms with Crippen LogP contribution in [-0.2, 0) is 6.42 Å². The number of pyridine rings is 1. The minimum atomic E-state index is 0.0645. The van der Waals surface area contributed by atoms with E-state index in [1.165, 1.54) is 5.56 Å². The smallest absolute Gasteiger partial charge is 0.259 e. The van der Waals surface area contributed by atoms with Gasteiger partial charge in [0.2, 0.25) is 0 Å². The molecule has 0 saturated carbocycles. The van der Waals surface area contributed by atoms with Gasteiger partial charge in [0.15, 0.2) is 0 Å². The van der Waals surface area contributed by atoms with Crippen LogP contribution in [0.5, 0.6) is 0 Å². The number of carbonyl (C=O) groups is 1. The van der Waals surface area contributed by atoms with Gasteiger partial charge in [-0.05, 0) is 64.2 Å². The molecule has 0 radical (unpaired) electrons. The van der Waals surface area contributed by atoms with E-state index in [1.807, 2.05) is 24.9 Å². The Morgan fingerprint density at radius 2 is 2.22 bits per heavy atom. The van der Waals surface area contributed by atoms with Gasteiger partial charge in [0.25, 0.3) is 5.91 Å². The molecule has 0 bridgehead atoms. The first kappa shape index (κ1) is 15.7. The number of rotatable bonds is 4. The van der Waals surface area contributed by atoms with Gasteiger partial charge >= 0.3 is 0 Å². The largest absolute Gasteiger partial charge is 0.361 e. The molecule has 0 aliphatic carbocycles. The van der Waals surface area contributed by atoms with Crippen LogP contribution in [0, 0.1) is 20.8 Å². The lowest BCUT2D eigenvalue weighted by molar-refractivity contribution is 0.0728. The summed E-state index contributed by atoms with van der Waals surface area (Å²) in [7, 11) is 0. The Labute approximate surface area is 136 Å². The van der Waals surface area contributed by atoms with Crippen molar-refractivity contribution in [2.24, 2.45) is 0 Å². The normalized spacial score (nSPS) is 17.7. The van der Waals surface area contributed by atoms with Gasteiger partial charge in [-0.3, -0.25) is 9.78 Å². The second-order valence-electron chi connectivity index (χ2n) is 6.34. The maximum atomic E-state index is 12.8. The molecule has 1 saturated heterocycles. The van der Waals surface area contributed by atoms with Crippen LogP contribution in [0.4, 0.5) is 0 Å². The number of aryl methyl sites for hydroxylation is 4. The highest BCUT2D eigenvalue weighted by molar-refractivity contribution is 5.96. The first-order valence-electron chi connectivity index (χ1n) is 8.21. The van der Waals surface area contributed by atoms with Gasteiger partial charge in [-0.25, -0.2) is 0 Å². The molecule has 0 N–H and O–H groups in total. The summed E-state index contributed by atoms with van der Waals surface area (Å²) >= 11 is 0. The van der Waals surface area contributed by atoms with Gasteiger partial charge in [-0.15, -0.1) is 0 Å². The fraction of sp³-hybridized carbons (Fsp3) is 0.500. The average Bonchev–Trinajstić information content (AvgIpc) is 3.12. The van der Waals surface area contributed by atoms with Gasteiger partial charge in [0.1, 0.15) is 11.3 Å². The number of amides is 1. The van der Waals surface area contributed by atoms with Crippen LogP contribution in [0.3, 0.4) is 0 Å². The SMILES string of the molecule is Cc1cc(CCC2CCCN2C(=O)c2c(C)noc2C)ccn1. The number of carbonyl (C=O) groups excluding carboxylic acids is 1. The summed E-state index contributed by atoms with van der Waals surface area (Å²) in [5, 5.41) is 3.91. The third kappa shape index (κ3) is 3.28. The Hall–Kier alpha value is -2.17. The molecular weight excluding hydrogens is 290 g/mol. The van der Waals surface area contributed by atoms with Crippen LogP contribution in [0.15, 0.2) is 22.9 Å². The Morgan fingerprint density at radius 1 is 1.39 bits per heavy atom. The molecule has 1 amide bonds. The summed E-state index contributed by atoms with van der Waals surface area (Å²) in [4.78, 5) is 19.1. The molecular formula is C18H23N3O2. The first-order chi connectivity index (χ1) is 11.1. The fourth-order valence-corrected chi connectivity index (χ4v) is 3.43. The van der Waals surface area contributed by atoms with E-state index >= 15 is 0 Å². The van der Waals surface area contributed by atoms with E-state index < -0.39 is 0 Å². The monoisotopic (exact) mass is 313 g/mol. The van der Waals surface area contributed by atoms with Crippen molar-refractivity contribution in [1.82, 2.24) is 15.0 Å². The molecule has 5 nitrogen and oxygen atoms in total. The van der Waals surface area contributed by atoms with E-state index in [0.717, 1.165) is 37.9 Å². The minimum Gasteiger partial charge on any atom is -0.361 e.